The Hall–Kier alpha value is -1.45. The van der Waals surface area contributed by atoms with Crippen molar-refractivity contribution in [2.45, 2.75) is 23.6 Å². The Morgan fingerprint density at radius 2 is 1.93 bits per heavy atom. The molecule has 0 spiro atoms. The van der Waals surface area contributed by atoms with Crippen molar-refractivity contribution in [1.29, 1.82) is 0 Å². The number of sulfonamides is 1. The lowest BCUT2D eigenvalue weighted by Gasteiger charge is -2.29. The number of likely N-dealkylation sites (tertiary alicyclic amines) is 1. The number of thiophene rings is 1. The first-order valence-corrected chi connectivity index (χ1v) is 12.3. The second kappa shape index (κ2) is 8.00. The van der Waals surface area contributed by atoms with Crippen molar-refractivity contribution in [1.82, 2.24) is 9.21 Å². The number of benzene rings is 1. The number of amides is 1. The molecule has 1 aromatic heterocycles. The molecule has 0 aliphatic carbocycles. The van der Waals surface area contributed by atoms with Crippen LogP contribution < -0.4 is 5.73 Å². The van der Waals surface area contributed by atoms with Crippen molar-refractivity contribution < 1.29 is 13.2 Å². The number of nitrogens with zero attached hydrogens (tertiary/aromatic N) is 2. The molecule has 9 heteroatoms. The molecule has 3 heterocycles. The number of primary amides is 1. The second-order valence-electron chi connectivity index (χ2n) is 7.92. The number of rotatable bonds is 6. The third kappa shape index (κ3) is 4.09. The summed E-state index contributed by atoms with van der Waals surface area (Å²) in [5, 5.41) is 2.46. The molecule has 2 aliphatic rings. The number of hydrogen-bond donors (Lipinski definition) is 1. The van der Waals surface area contributed by atoms with E-state index in [4.69, 9.17) is 17.3 Å². The van der Waals surface area contributed by atoms with Gasteiger partial charge in [0.05, 0.1) is 0 Å². The molecule has 3 unspecified atom stereocenters. The van der Waals surface area contributed by atoms with Gasteiger partial charge in [0.2, 0.25) is 5.91 Å². The van der Waals surface area contributed by atoms with Gasteiger partial charge in [0.25, 0.3) is 10.0 Å². The Morgan fingerprint density at radius 3 is 2.48 bits per heavy atom. The van der Waals surface area contributed by atoms with Gasteiger partial charge in [-0.05, 0) is 47.4 Å². The monoisotopic (exact) mass is 453 g/mol. The van der Waals surface area contributed by atoms with Gasteiger partial charge in [-0.2, -0.15) is 4.31 Å². The predicted molar refractivity (Wildman–Crippen MR) is 114 cm³/mol. The van der Waals surface area contributed by atoms with Gasteiger partial charge in [0.15, 0.2) is 0 Å². The lowest BCUT2D eigenvalue weighted by Crippen LogP contribution is -2.35. The molecule has 2 saturated heterocycles. The molecule has 6 nitrogen and oxygen atoms in total. The van der Waals surface area contributed by atoms with Gasteiger partial charge in [0, 0.05) is 43.7 Å². The number of fused-ring (bicyclic) bond motifs is 1. The zero-order valence-electron chi connectivity index (χ0n) is 16.1. The predicted octanol–water partition coefficient (Wildman–Crippen LogP) is 2.88. The number of nitrogens with two attached hydrogens (primary N) is 1. The molecular formula is C20H24ClN3O3S2. The van der Waals surface area contributed by atoms with Crippen molar-refractivity contribution in [2.24, 2.45) is 17.6 Å². The van der Waals surface area contributed by atoms with Gasteiger partial charge >= 0.3 is 0 Å². The van der Waals surface area contributed by atoms with E-state index in [0.717, 1.165) is 24.2 Å². The highest BCUT2D eigenvalue weighted by atomic mass is 35.5. The number of carbonyl (C=O) groups is 1. The van der Waals surface area contributed by atoms with Crippen LogP contribution in [0.3, 0.4) is 0 Å². The van der Waals surface area contributed by atoms with Crippen LogP contribution in [0.4, 0.5) is 0 Å². The molecule has 2 aromatic rings. The summed E-state index contributed by atoms with van der Waals surface area (Å²) in [6.07, 6.45) is 0.218. The maximum absolute atomic E-state index is 12.8. The number of hydrogen-bond acceptors (Lipinski definition) is 5. The highest BCUT2D eigenvalue weighted by molar-refractivity contribution is 7.91. The fraction of sp³-hybridized carbons (Fsp3) is 0.450. The van der Waals surface area contributed by atoms with E-state index in [1.807, 2.05) is 25.1 Å². The molecule has 0 saturated carbocycles. The van der Waals surface area contributed by atoms with E-state index in [-0.39, 0.29) is 30.2 Å². The van der Waals surface area contributed by atoms with Crippen molar-refractivity contribution >= 4 is 38.9 Å². The highest BCUT2D eigenvalue weighted by Crippen LogP contribution is 2.39. The van der Waals surface area contributed by atoms with E-state index in [0.29, 0.717) is 22.3 Å². The number of halogens is 1. The van der Waals surface area contributed by atoms with Crippen LogP contribution in [0, 0.1) is 18.8 Å². The molecule has 1 amide bonds. The average Bonchev–Trinajstić information content (AvgIpc) is 3.38. The summed E-state index contributed by atoms with van der Waals surface area (Å²) in [6.45, 7) is 4.45. The molecule has 2 fully saturated rings. The zero-order valence-corrected chi connectivity index (χ0v) is 18.5. The van der Waals surface area contributed by atoms with Gasteiger partial charge in [-0.1, -0.05) is 29.8 Å². The largest absolute Gasteiger partial charge is 0.370 e. The van der Waals surface area contributed by atoms with E-state index in [1.165, 1.54) is 11.3 Å². The summed E-state index contributed by atoms with van der Waals surface area (Å²) in [6, 6.07) is 9.14. The van der Waals surface area contributed by atoms with Crippen LogP contribution in [-0.4, -0.2) is 49.7 Å². The molecule has 4 rings (SSSR count). The summed E-state index contributed by atoms with van der Waals surface area (Å²) in [5.74, 6) is 0.146. The van der Waals surface area contributed by atoms with Crippen molar-refractivity contribution in [2.75, 3.05) is 26.2 Å². The summed E-state index contributed by atoms with van der Waals surface area (Å²) in [4.78, 5) is 14.0. The number of carbonyl (C=O) groups excluding carboxylic acids is 1. The van der Waals surface area contributed by atoms with Gasteiger partial charge in [-0.25, -0.2) is 8.42 Å². The van der Waals surface area contributed by atoms with Crippen LogP contribution in [-0.2, 0) is 14.8 Å². The van der Waals surface area contributed by atoms with Gasteiger partial charge in [0.1, 0.15) is 4.21 Å². The normalized spacial score (nSPS) is 23.9. The van der Waals surface area contributed by atoms with E-state index >= 15 is 0 Å². The molecule has 0 bridgehead atoms. The second-order valence-corrected chi connectivity index (χ2v) is 11.4. The maximum atomic E-state index is 12.8. The molecule has 3 atom stereocenters. The fourth-order valence-corrected chi connectivity index (χ4v) is 7.33. The standard InChI is InChI=1S/C20H24ClN3O3S2/c1-13-4-5-14(7-17(13)21)18(8-19(22)25)23-9-15-11-24(12-16(15)10-23)29(26,27)20-3-2-6-28-20/h2-7,15-16,18H,8-12H2,1H3,(H2,22,25). The molecule has 2 N–H and O–H groups in total. The fourth-order valence-electron chi connectivity index (χ4n) is 4.44. The molecule has 156 valence electrons. The van der Waals surface area contributed by atoms with Crippen LogP contribution in [0.25, 0.3) is 0 Å². The zero-order chi connectivity index (χ0) is 20.8. The Labute approximate surface area is 180 Å². The molecule has 29 heavy (non-hydrogen) atoms. The summed E-state index contributed by atoms with van der Waals surface area (Å²) in [5.41, 5.74) is 7.49. The Bertz CT molecular complexity index is 996. The quantitative estimate of drug-likeness (QED) is 0.728. The van der Waals surface area contributed by atoms with Crippen molar-refractivity contribution in [3.8, 4) is 0 Å². The van der Waals surface area contributed by atoms with E-state index in [9.17, 15) is 13.2 Å². The molecule has 1 aromatic carbocycles. The van der Waals surface area contributed by atoms with Gasteiger partial charge < -0.3 is 5.73 Å². The minimum absolute atomic E-state index is 0.140. The maximum Gasteiger partial charge on any atom is 0.252 e. The first-order chi connectivity index (χ1) is 13.8. The summed E-state index contributed by atoms with van der Waals surface area (Å²) in [7, 11) is -3.41. The average molecular weight is 454 g/mol. The third-order valence-corrected chi connectivity index (χ3v) is 9.60. The van der Waals surface area contributed by atoms with Crippen LogP contribution in [0.5, 0.6) is 0 Å². The lowest BCUT2D eigenvalue weighted by atomic mass is 10.0. The minimum Gasteiger partial charge on any atom is -0.370 e. The topological polar surface area (TPSA) is 83.7 Å². The Kier molecular flexibility index (Phi) is 5.74. The van der Waals surface area contributed by atoms with Crippen LogP contribution >= 0.6 is 22.9 Å². The van der Waals surface area contributed by atoms with Crippen LogP contribution in [0.1, 0.15) is 23.6 Å². The van der Waals surface area contributed by atoms with E-state index in [2.05, 4.69) is 4.90 Å². The van der Waals surface area contributed by atoms with Gasteiger partial charge in [-0.15, -0.1) is 11.3 Å². The SMILES string of the molecule is Cc1ccc(C(CC(N)=O)N2CC3CN(S(=O)(=O)c4cccs4)CC3C2)cc1Cl. The first kappa shape index (κ1) is 20.8. The van der Waals surface area contributed by atoms with Gasteiger partial charge in [-0.3, -0.25) is 9.69 Å². The third-order valence-electron chi connectivity index (χ3n) is 5.99. The Balaban J connectivity index is 1.50. The molecule has 2 aliphatic heterocycles. The van der Waals surface area contributed by atoms with E-state index in [1.54, 1.807) is 21.8 Å². The van der Waals surface area contributed by atoms with E-state index < -0.39 is 10.0 Å². The summed E-state index contributed by atoms with van der Waals surface area (Å²) < 4.78 is 27.7. The number of aryl methyl sites for hydroxylation is 1. The molecular weight excluding hydrogens is 430 g/mol. The van der Waals surface area contributed by atoms with Crippen molar-refractivity contribution in [3.05, 3.63) is 51.9 Å². The molecule has 0 radical (unpaired) electrons. The van der Waals surface area contributed by atoms with Crippen LogP contribution in [0.2, 0.25) is 5.02 Å². The first-order valence-electron chi connectivity index (χ1n) is 9.57. The Morgan fingerprint density at radius 1 is 1.24 bits per heavy atom. The smallest absolute Gasteiger partial charge is 0.252 e. The van der Waals surface area contributed by atoms with Crippen LogP contribution in [0.15, 0.2) is 39.9 Å². The minimum atomic E-state index is -3.41. The lowest BCUT2D eigenvalue weighted by molar-refractivity contribution is -0.119. The highest BCUT2D eigenvalue weighted by Gasteiger charge is 2.46. The van der Waals surface area contributed by atoms with Crippen molar-refractivity contribution in [3.63, 3.8) is 0 Å². The summed E-state index contributed by atoms with van der Waals surface area (Å²) >= 11 is 7.56.